The van der Waals surface area contributed by atoms with Crippen LogP contribution in [0.4, 0.5) is 10.5 Å². The van der Waals surface area contributed by atoms with Crippen LogP contribution in [-0.2, 0) is 16.1 Å². The van der Waals surface area contributed by atoms with Gasteiger partial charge in [0.25, 0.3) is 0 Å². The topological polar surface area (TPSA) is 67.4 Å². The van der Waals surface area contributed by atoms with E-state index in [2.05, 4.69) is 10.6 Å². The van der Waals surface area contributed by atoms with Crippen molar-refractivity contribution in [2.45, 2.75) is 26.5 Å². The van der Waals surface area contributed by atoms with Crippen molar-refractivity contribution in [1.82, 2.24) is 5.32 Å². The van der Waals surface area contributed by atoms with Gasteiger partial charge in [0.05, 0.1) is 10.0 Å². The fourth-order valence-electron chi connectivity index (χ4n) is 2.22. The van der Waals surface area contributed by atoms with Gasteiger partial charge in [-0.2, -0.15) is 0 Å². The lowest BCUT2D eigenvalue weighted by molar-refractivity contribution is -0.119. The molecular formula is C19H20Cl2N2O3. The van der Waals surface area contributed by atoms with Crippen LogP contribution in [0.5, 0.6) is 0 Å². The number of benzene rings is 2. The Morgan fingerprint density at radius 2 is 1.73 bits per heavy atom. The Hall–Kier alpha value is -2.24. The van der Waals surface area contributed by atoms with Gasteiger partial charge in [-0.05, 0) is 29.7 Å². The minimum absolute atomic E-state index is 0.131. The molecule has 0 spiro atoms. The zero-order valence-electron chi connectivity index (χ0n) is 14.5. The van der Waals surface area contributed by atoms with E-state index >= 15 is 0 Å². The molecule has 1 atom stereocenters. The van der Waals surface area contributed by atoms with Crippen molar-refractivity contribution in [2.75, 3.05) is 5.32 Å². The lowest BCUT2D eigenvalue weighted by atomic mass is 10.0. The number of carbonyl (C=O) groups is 2. The van der Waals surface area contributed by atoms with Crippen molar-refractivity contribution >= 4 is 40.9 Å². The van der Waals surface area contributed by atoms with Crippen LogP contribution < -0.4 is 10.6 Å². The zero-order valence-corrected chi connectivity index (χ0v) is 16.0. The summed E-state index contributed by atoms with van der Waals surface area (Å²) in [6, 6.07) is 13.3. The van der Waals surface area contributed by atoms with Gasteiger partial charge in [-0.15, -0.1) is 0 Å². The van der Waals surface area contributed by atoms with E-state index in [1.807, 2.05) is 44.2 Å². The lowest BCUT2D eigenvalue weighted by Gasteiger charge is -2.21. The van der Waals surface area contributed by atoms with Crippen LogP contribution >= 0.6 is 23.2 Å². The highest BCUT2D eigenvalue weighted by Crippen LogP contribution is 2.25. The molecule has 0 aliphatic carbocycles. The largest absolute Gasteiger partial charge is 0.445 e. The van der Waals surface area contributed by atoms with Gasteiger partial charge in [-0.25, -0.2) is 4.79 Å². The summed E-state index contributed by atoms with van der Waals surface area (Å²) in [6.07, 6.45) is -0.656. The summed E-state index contributed by atoms with van der Waals surface area (Å²) in [5.74, 6) is -0.503. The Balaban J connectivity index is 1.95. The van der Waals surface area contributed by atoms with E-state index in [0.29, 0.717) is 15.7 Å². The highest BCUT2D eigenvalue weighted by molar-refractivity contribution is 6.42. The van der Waals surface area contributed by atoms with Crippen LogP contribution in [0.3, 0.4) is 0 Å². The summed E-state index contributed by atoms with van der Waals surface area (Å²) in [5.41, 5.74) is 1.36. The average molecular weight is 395 g/mol. The molecule has 0 aliphatic rings. The molecule has 2 N–H and O–H groups in total. The molecule has 5 nitrogen and oxygen atoms in total. The van der Waals surface area contributed by atoms with Crippen LogP contribution in [0.25, 0.3) is 0 Å². The van der Waals surface area contributed by atoms with E-state index in [9.17, 15) is 9.59 Å². The normalized spacial score (nSPS) is 11.7. The first-order valence-electron chi connectivity index (χ1n) is 8.10. The number of amides is 2. The second-order valence-electron chi connectivity index (χ2n) is 6.05. The standard InChI is InChI=1S/C19H20Cl2N2O3/c1-12(2)17(18(24)22-14-8-9-15(20)16(21)10-14)23-19(25)26-11-13-6-4-3-5-7-13/h3-10,12,17H,11H2,1-2H3,(H,22,24)(H,23,25)/t17-/m0/s1. The molecule has 0 bridgehead atoms. The number of rotatable bonds is 6. The van der Waals surface area contributed by atoms with Crippen LogP contribution in [0.1, 0.15) is 19.4 Å². The summed E-state index contributed by atoms with van der Waals surface area (Å²) < 4.78 is 5.18. The molecule has 2 amide bonds. The van der Waals surface area contributed by atoms with E-state index in [1.165, 1.54) is 0 Å². The van der Waals surface area contributed by atoms with Gasteiger partial charge < -0.3 is 15.4 Å². The smallest absolute Gasteiger partial charge is 0.408 e. The first-order valence-corrected chi connectivity index (χ1v) is 8.85. The van der Waals surface area contributed by atoms with E-state index in [1.54, 1.807) is 18.2 Å². The van der Waals surface area contributed by atoms with Crippen molar-refractivity contribution in [3.63, 3.8) is 0 Å². The second-order valence-corrected chi connectivity index (χ2v) is 6.86. The number of hydrogen-bond acceptors (Lipinski definition) is 3. The number of alkyl carbamates (subject to hydrolysis) is 1. The third-order valence-corrected chi connectivity index (χ3v) is 4.36. The Morgan fingerprint density at radius 1 is 1.04 bits per heavy atom. The SMILES string of the molecule is CC(C)[C@H](NC(=O)OCc1ccccc1)C(=O)Nc1ccc(Cl)c(Cl)c1. The highest BCUT2D eigenvalue weighted by Gasteiger charge is 2.25. The Kier molecular flexibility index (Phi) is 7.30. The fourth-order valence-corrected chi connectivity index (χ4v) is 2.52. The molecule has 2 aromatic carbocycles. The summed E-state index contributed by atoms with van der Waals surface area (Å²) >= 11 is 11.8. The summed E-state index contributed by atoms with van der Waals surface area (Å²) in [7, 11) is 0. The van der Waals surface area contributed by atoms with Crippen LogP contribution in [-0.4, -0.2) is 18.0 Å². The van der Waals surface area contributed by atoms with Crippen molar-refractivity contribution in [3.05, 3.63) is 64.1 Å². The maximum atomic E-state index is 12.5. The minimum atomic E-state index is -0.757. The van der Waals surface area contributed by atoms with Crippen molar-refractivity contribution < 1.29 is 14.3 Å². The minimum Gasteiger partial charge on any atom is -0.445 e. The van der Waals surface area contributed by atoms with Gasteiger partial charge in [-0.3, -0.25) is 4.79 Å². The molecule has 0 aromatic heterocycles. The number of anilines is 1. The average Bonchev–Trinajstić information content (AvgIpc) is 2.61. The second kappa shape index (κ2) is 9.46. The molecule has 7 heteroatoms. The van der Waals surface area contributed by atoms with Gasteiger partial charge in [0.2, 0.25) is 5.91 Å². The Morgan fingerprint density at radius 3 is 2.35 bits per heavy atom. The van der Waals surface area contributed by atoms with Crippen LogP contribution in [0.2, 0.25) is 10.0 Å². The zero-order chi connectivity index (χ0) is 19.1. The maximum absolute atomic E-state index is 12.5. The molecule has 138 valence electrons. The summed E-state index contributed by atoms with van der Waals surface area (Å²) in [6.45, 7) is 3.79. The Labute approximate surface area is 162 Å². The number of halogens is 2. The number of carbonyl (C=O) groups excluding carboxylic acids is 2. The van der Waals surface area contributed by atoms with Gasteiger partial charge in [0, 0.05) is 5.69 Å². The van der Waals surface area contributed by atoms with Crippen molar-refractivity contribution in [2.24, 2.45) is 5.92 Å². The van der Waals surface area contributed by atoms with E-state index in [-0.39, 0.29) is 18.4 Å². The Bertz CT molecular complexity index is 767. The molecule has 26 heavy (non-hydrogen) atoms. The summed E-state index contributed by atoms with van der Waals surface area (Å²) in [5, 5.41) is 6.05. The first kappa shape index (κ1) is 20.1. The van der Waals surface area contributed by atoms with Crippen molar-refractivity contribution in [3.8, 4) is 0 Å². The van der Waals surface area contributed by atoms with E-state index < -0.39 is 12.1 Å². The molecule has 2 aromatic rings. The fraction of sp³-hybridized carbons (Fsp3) is 0.263. The predicted molar refractivity (Wildman–Crippen MR) is 103 cm³/mol. The van der Waals surface area contributed by atoms with Crippen molar-refractivity contribution in [1.29, 1.82) is 0 Å². The molecular weight excluding hydrogens is 375 g/mol. The van der Waals surface area contributed by atoms with Crippen LogP contribution in [0.15, 0.2) is 48.5 Å². The predicted octanol–water partition coefficient (Wildman–Crippen LogP) is 4.88. The lowest BCUT2D eigenvalue weighted by Crippen LogP contribution is -2.47. The third kappa shape index (κ3) is 5.93. The molecule has 0 aliphatic heterocycles. The third-order valence-electron chi connectivity index (χ3n) is 3.62. The van der Waals surface area contributed by atoms with Gasteiger partial charge in [-0.1, -0.05) is 67.4 Å². The number of ether oxygens (including phenoxy) is 1. The number of hydrogen-bond donors (Lipinski definition) is 2. The molecule has 0 heterocycles. The van der Waals surface area contributed by atoms with Gasteiger partial charge in [0.15, 0.2) is 0 Å². The van der Waals surface area contributed by atoms with Gasteiger partial charge >= 0.3 is 6.09 Å². The summed E-state index contributed by atoms with van der Waals surface area (Å²) in [4.78, 5) is 24.5. The highest BCUT2D eigenvalue weighted by atomic mass is 35.5. The molecule has 2 rings (SSSR count). The molecule has 0 unspecified atom stereocenters. The van der Waals surface area contributed by atoms with Crippen LogP contribution in [0, 0.1) is 5.92 Å². The molecule has 0 saturated heterocycles. The molecule has 0 saturated carbocycles. The first-order chi connectivity index (χ1) is 12.4. The number of nitrogens with one attached hydrogen (secondary N) is 2. The van der Waals surface area contributed by atoms with E-state index in [0.717, 1.165) is 5.56 Å². The molecule has 0 radical (unpaired) electrons. The molecule has 0 fully saturated rings. The van der Waals surface area contributed by atoms with Gasteiger partial charge in [0.1, 0.15) is 12.6 Å². The maximum Gasteiger partial charge on any atom is 0.408 e. The monoisotopic (exact) mass is 394 g/mol. The quantitative estimate of drug-likeness (QED) is 0.733. The van der Waals surface area contributed by atoms with E-state index in [4.69, 9.17) is 27.9 Å².